The smallest absolute Gasteiger partial charge is 0.314 e. The van der Waals surface area contributed by atoms with E-state index in [1.165, 1.54) is 4.68 Å². The number of aryl methyl sites for hydroxylation is 2. The largest absolute Gasteiger partial charge is 0.348 e. The number of amides is 2. The third kappa shape index (κ3) is 4.88. The molecule has 1 aromatic heterocycles. The first-order valence-corrected chi connectivity index (χ1v) is 12.2. The molecular formula is C23H24N4O4S. The number of aromatic nitrogens is 2. The number of carbonyl (C=O) groups excluding carboxylic acids is 2. The van der Waals surface area contributed by atoms with Crippen molar-refractivity contribution in [3.05, 3.63) is 77.0 Å². The van der Waals surface area contributed by atoms with E-state index in [9.17, 15) is 18.0 Å². The number of hydrogen-bond acceptors (Lipinski definition) is 5. The van der Waals surface area contributed by atoms with Gasteiger partial charge in [-0.2, -0.15) is 5.10 Å². The minimum Gasteiger partial charge on any atom is -0.348 e. The molecule has 0 fully saturated rings. The molecular weight excluding hydrogens is 428 g/mol. The number of anilines is 1. The number of hydrogen-bond donors (Lipinski definition) is 2. The fourth-order valence-corrected chi connectivity index (χ4v) is 5.19. The normalized spacial score (nSPS) is 14.0. The Morgan fingerprint density at radius 2 is 1.81 bits per heavy atom. The summed E-state index contributed by atoms with van der Waals surface area (Å²) in [5, 5.41) is 9.62. The highest BCUT2D eigenvalue weighted by atomic mass is 32.2. The molecule has 32 heavy (non-hydrogen) atoms. The Kier molecular flexibility index (Phi) is 6.09. The van der Waals surface area contributed by atoms with Gasteiger partial charge in [0.2, 0.25) is 0 Å². The number of sulfone groups is 1. The molecule has 0 bridgehead atoms. The van der Waals surface area contributed by atoms with Crippen molar-refractivity contribution in [1.82, 2.24) is 15.1 Å². The number of fused-ring (bicyclic) bond motifs is 1. The van der Waals surface area contributed by atoms with Gasteiger partial charge in [0.15, 0.2) is 9.84 Å². The maximum atomic E-state index is 12.6. The Balaban J connectivity index is 1.46. The molecule has 0 unspecified atom stereocenters. The van der Waals surface area contributed by atoms with E-state index in [2.05, 4.69) is 15.7 Å². The zero-order valence-electron chi connectivity index (χ0n) is 17.7. The topological polar surface area (TPSA) is 110 Å². The lowest BCUT2D eigenvalue weighted by Crippen LogP contribution is -2.36. The van der Waals surface area contributed by atoms with Gasteiger partial charge in [-0.25, -0.2) is 13.1 Å². The molecule has 0 saturated carbocycles. The van der Waals surface area contributed by atoms with Crippen molar-refractivity contribution in [3.63, 3.8) is 0 Å². The molecule has 3 aromatic rings. The molecule has 8 nitrogen and oxygen atoms in total. The van der Waals surface area contributed by atoms with E-state index in [1.807, 2.05) is 61.5 Å². The monoisotopic (exact) mass is 452 g/mol. The van der Waals surface area contributed by atoms with E-state index < -0.39 is 21.7 Å². The maximum absolute atomic E-state index is 12.6. The van der Waals surface area contributed by atoms with Crippen LogP contribution in [0.2, 0.25) is 0 Å². The van der Waals surface area contributed by atoms with Crippen molar-refractivity contribution >= 4 is 27.5 Å². The van der Waals surface area contributed by atoms with Gasteiger partial charge in [-0.05, 0) is 43.0 Å². The van der Waals surface area contributed by atoms with Crippen LogP contribution in [-0.2, 0) is 37.4 Å². The van der Waals surface area contributed by atoms with Gasteiger partial charge in [0, 0.05) is 12.1 Å². The Hall–Kier alpha value is -3.46. The van der Waals surface area contributed by atoms with E-state index in [0.29, 0.717) is 29.9 Å². The molecule has 0 atom stereocenters. The Bertz CT molecular complexity index is 1270. The maximum Gasteiger partial charge on any atom is 0.314 e. The summed E-state index contributed by atoms with van der Waals surface area (Å²) >= 11 is 0. The zero-order chi connectivity index (χ0) is 22.7. The van der Waals surface area contributed by atoms with Gasteiger partial charge in [0.1, 0.15) is 5.82 Å². The zero-order valence-corrected chi connectivity index (χ0v) is 18.5. The lowest BCUT2D eigenvalue weighted by Gasteiger charge is -2.12. The van der Waals surface area contributed by atoms with Crippen molar-refractivity contribution in [3.8, 4) is 5.69 Å². The van der Waals surface area contributed by atoms with Crippen LogP contribution in [0.4, 0.5) is 5.82 Å². The minimum atomic E-state index is -3.32. The third-order valence-corrected chi connectivity index (χ3v) is 6.68. The Morgan fingerprint density at radius 3 is 2.56 bits per heavy atom. The first-order chi connectivity index (χ1) is 15.3. The second kappa shape index (κ2) is 8.96. The van der Waals surface area contributed by atoms with Crippen molar-refractivity contribution < 1.29 is 18.0 Å². The van der Waals surface area contributed by atoms with Crippen LogP contribution < -0.4 is 10.6 Å². The summed E-state index contributed by atoms with van der Waals surface area (Å²) in [5.74, 6) is -1.82. The predicted molar refractivity (Wildman–Crippen MR) is 121 cm³/mol. The molecule has 166 valence electrons. The van der Waals surface area contributed by atoms with Gasteiger partial charge in [-0.3, -0.25) is 9.59 Å². The Labute approximate surface area is 186 Å². The lowest BCUT2D eigenvalue weighted by atomic mass is 10.1. The van der Waals surface area contributed by atoms with Gasteiger partial charge >= 0.3 is 11.8 Å². The van der Waals surface area contributed by atoms with Gasteiger partial charge in [-0.15, -0.1) is 0 Å². The number of nitrogens with one attached hydrogen (secondary N) is 2. The number of nitrogens with zero attached hydrogens (tertiary/aromatic N) is 2. The summed E-state index contributed by atoms with van der Waals surface area (Å²) < 4.78 is 25.6. The fraction of sp³-hybridized carbons (Fsp3) is 0.261. The van der Waals surface area contributed by atoms with E-state index in [-0.39, 0.29) is 17.3 Å². The molecule has 2 amide bonds. The summed E-state index contributed by atoms with van der Waals surface area (Å²) in [7, 11) is -3.32. The molecule has 2 aromatic carbocycles. The van der Waals surface area contributed by atoms with E-state index >= 15 is 0 Å². The molecule has 0 saturated heterocycles. The average molecular weight is 453 g/mol. The molecule has 4 rings (SSSR count). The molecule has 1 aliphatic heterocycles. The first kappa shape index (κ1) is 21.8. The first-order valence-electron chi connectivity index (χ1n) is 10.3. The average Bonchev–Trinajstić information content (AvgIpc) is 3.24. The van der Waals surface area contributed by atoms with E-state index in [0.717, 1.165) is 17.5 Å². The van der Waals surface area contributed by atoms with Crippen LogP contribution in [0.3, 0.4) is 0 Å². The van der Waals surface area contributed by atoms with E-state index in [1.54, 1.807) is 0 Å². The predicted octanol–water partition coefficient (Wildman–Crippen LogP) is 2.30. The van der Waals surface area contributed by atoms with Crippen LogP contribution >= 0.6 is 0 Å². The highest BCUT2D eigenvalue weighted by Crippen LogP contribution is 2.33. The van der Waals surface area contributed by atoms with Crippen molar-refractivity contribution in [2.45, 2.75) is 31.3 Å². The van der Waals surface area contributed by atoms with Crippen molar-refractivity contribution in [2.75, 3.05) is 11.9 Å². The molecule has 1 aliphatic rings. The summed E-state index contributed by atoms with van der Waals surface area (Å²) in [6.07, 6.45) is 1.48. The van der Waals surface area contributed by atoms with Crippen molar-refractivity contribution in [2.24, 2.45) is 0 Å². The standard InChI is InChI=1S/C23H24N4O4S/c1-16-7-5-11-18(13-16)27-21(19-14-32(30,31)15-20(19)26-27)25-23(29)22(28)24-12-6-10-17-8-3-2-4-9-17/h2-5,7-9,11,13H,6,10,12,14-15H2,1H3,(H,24,28)(H,25,29). The summed E-state index contributed by atoms with van der Waals surface area (Å²) in [5.41, 5.74) is 3.64. The van der Waals surface area contributed by atoms with Gasteiger partial charge in [-0.1, -0.05) is 42.5 Å². The highest BCUT2D eigenvalue weighted by Gasteiger charge is 2.33. The van der Waals surface area contributed by atoms with Gasteiger partial charge in [0.25, 0.3) is 0 Å². The molecule has 0 aliphatic carbocycles. The third-order valence-electron chi connectivity index (χ3n) is 5.24. The number of benzene rings is 2. The fourth-order valence-electron chi connectivity index (χ4n) is 3.70. The second-order valence-corrected chi connectivity index (χ2v) is 9.92. The molecule has 0 radical (unpaired) electrons. The molecule has 2 heterocycles. The second-order valence-electron chi connectivity index (χ2n) is 7.86. The summed E-state index contributed by atoms with van der Waals surface area (Å²) in [4.78, 5) is 24.9. The van der Waals surface area contributed by atoms with Crippen LogP contribution in [-0.4, -0.2) is 36.6 Å². The molecule has 9 heteroatoms. The summed E-state index contributed by atoms with van der Waals surface area (Å²) in [6.45, 7) is 2.27. The molecule has 0 spiro atoms. The van der Waals surface area contributed by atoms with Crippen LogP contribution in [0.15, 0.2) is 54.6 Å². The minimum absolute atomic E-state index is 0.185. The number of carbonyl (C=O) groups is 2. The van der Waals surface area contributed by atoms with Crippen LogP contribution in [0.25, 0.3) is 5.69 Å². The SMILES string of the molecule is Cc1cccc(-n2nc3c(c2NC(=O)C(=O)NCCCc2ccccc2)CS(=O)(=O)C3)c1. The lowest BCUT2D eigenvalue weighted by molar-refractivity contribution is -0.136. The van der Waals surface area contributed by atoms with Gasteiger partial charge in [0.05, 0.1) is 22.9 Å². The van der Waals surface area contributed by atoms with Gasteiger partial charge < -0.3 is 10.6 Å². The Morgan fingerprint density at radius 1 is 1.03 bits per heavy atom. The highest BCUT2D eigenvalue weighted by molar-refractivity contribution is 7.90. The van der Waals surface area contributed by atoms with Crippen LogP contribution in [0, 0.1) is 6.92 Å². The molecule has 2 N–H and O–H groups in total. The quantitative estimate of drug-likeness (QED) is 0.441. The van der Waals surface area contributed by atoms with E-state index in [4.69, 9.17) is 0 Å². The van der Waals surface area contributed by atoms with Crippen LogP contribution in [0.5, 0.6) is 0 Å². The van der Waals surface area contributed by atoms with Crippen molar-refractivity contribution in [1.29, 1.82) is 0 Å². The number of rotatable bonds is 6. The summed E-state index contributed by atoms with van der Waals surface area (Å²) in [6, 6.07) is 17.3. The van der Waals surface area contributed by atoms with Crippen LogP contribution in [0.1, 0.15) is 28.8 Å².